The third-order valence-corrected chi connectivity index (χ3v) is 6.26. The van der Waals surface area contributed by atoms with Gasteiger partial charge in [0.05, 0.1) is 7.11 Å². The van der Waals surface area contributed by atoms with Crippen LogP contribution in [-0.2, 0) is 16.0 Å². The molecule has 0 bridgehead atoms. The lowest BCUT2D eigenvalue weighted by Gasteiger charge is -2.16. The molecule has 0 aliphatic carbocycles. The number of amides is 2. The zero-order chi connectivity index (χ0) is 21.6. The summed E-state index contributed by atoms with van der Waals surface area (Å²) in [7, 11) is 1.61. The van der Waals surface area contributed by atoms with Crippen molar-refractivity contribution in [3.05, 3.63) is 65.2 Å². The smallest absolute Gasteiger partial charge is 0.227 e. The second-order valence-corrected chi connectivity index (χ2v) is 8.45. The van der Waals surface area contributed by atoms with Crippen molar-refractivity contribution >= 4 is 34.0 Å². The summed E-state index contributed by atoms with van der Waals surface area (Å²) in [4.78, 5) is 26.5. The van der Waals surface area contributed by atoms with Crippen molar-refractivity contribution < 1.29 is 14.3 Å². The lowest BCUT2D eigenvalue weighted by molar-refractivity contribution is -0.117. The number of benzene rings is 2. The van der Waals surface area contributed by atoms with Crippen molar-refractivity contribution in [3.8, 4) is 5.75 Å². The largest absolute Gasteiger partial charge is 0.497 e. The molecule has 0 spiro atoms. The van der Waals surface area contributed by atoms with Gasteiger partial charge in [0.25, 0.3) is 0 Å². The Bertz CT molecular complexity index is 1040. The average molecular weight is 437 g/mol. The first-order valence-corrected chi connectivity index (χ1v) is 11.1. The fourth-order valence-electron chi connectivity index (χ4n) is 3.61. The van der Waals surface area contributed by atoms with Gasteiger partial charge in [-0.1, -0.05) is 41.7 Å². The third kappa shape index (κ3) is 5.27. The second kappa shape index (κ2) is 9.70. The number of ether oxygens (including phenoxy) is 1. The summed E-state index contributed by atoms with van der Waals surface area (Å²) in [5.74, 6) is 0.703. The Morgan fingerprint density at radius 2 is 1.94 bits per heavy atom. The highest BCUT2D eigenvalue weighted by atomic mass is 32.1. The van der Waals surface area contributed by atoms with Gasteiger partial charge >= 0.3 is 0 Å². The van der Waals surface area contributed by atoms with Crippen LogP contribution in [-0.4, -0.2) is 35.7 Å². The first-order valence-electron chi connectivity index (χ1n) is 10.2. The van der Waals surface area contributed by atoms with E-state index >= 15 is 0 Å². The molecule has 160 valence electrons. The Morgan fingerprint density at radius 3 is 2.68 bits per heavy atom. The van der Waals surface area contributed by atoms with Gasteiger partial charge in [0.15, 0.2) is 0 Å². The average Bonchev–Trinajstić information content (AvgIpc) is 3.41. The van der Waals surface area contributed by atoms with E-state index in [0.717, 1.165) is 29.3 Å². The van der Waals surface area contributed by atoms with Gasteiger partial charge in [-0.05, 0) is 42.7 Å². The summed E-state index contributed by atoms with van der Waals surface area (Å²) in [6, 6.07) is 17.5. The molecule has 1 atom stereocenters. The SMILES string of the molecule is COc1ccc(N2C[C@@H](c3nnc(NC(=O)CCCc4ccccc4)s3)CC2=O)cc1. The van der Waals surface area contributed by atoms with Gasteiger partial charge in [0, 0.05) is 31.0 Å². The van der Waals surface area contributed by atoms with E-state index in [0.29, 0.717) is 24.5 Å². The van der Waals surface area contributed by atoms with Crippen LogP contribution in [0.2, 0.25) is 0 Å². The monoisotopic (exact) mass is 436 g/mol. The quantitative estimate of drug-likeness (QED) is 0.576. The first-order chi connectivity index (χ1) is 15.1. The van der Waals surface area contributed by atoms with Crippen molar-refractivity contribution in [2.45, 2.75) is 31.6 Å². The van der Waals surface area contributed by atoms with Gasteiger partial charge in [0.2, 0.25) is 16.9 Å². The van der Waals surface area contributed by atoms with E-state index in [1.165, 1.54) is 16.9 Å². The molecule has 1 fully saturated rings. The number of anilines is 2. The summed E-state index contributed by atoms with van der Waals surface area (Å²) < 4.78 is 5.18. The number of nitrogens with one attached hydrogen (secondary N) is 1. The lowest BCUT2D eigenvalue weighted by Crippen LogP contribution is -2.24. The van der Waals surface area contributed by atoms with E-state index in [4.69, 9.17) is 4.74 Å². The minimum atomic E-state index is -0.0685. The van der Waals surface area contributed by atoms with Crippen LogP contribution in [0.1, 0.15) is 35.8 Å². The minimum Gasteiger partial charge on any atom is -0.497 e. The number of nitrogens with zero attached hydrogens (tertiary/aromatic N) is 3. The number of carbonyl (C=O) groups excluding carboxylic acids is 2. The van der Waals surface area contributed by atoms with E-state index in [9.17, 15) is 9.59 Å². The Kier molecular flexibility index (Phi) is 6.57. The summed E-state index contributed by atoms with van der Waals surface area (Å²) in [5.41, 5.74) is 2.06. The van der Waals surface area contributed by atoms with E-state index < -0.39 is 0 Å². The van der Waals surface area contributed by atoms with E-state index in [2.05, 4.69) is 27.6 Å². The molecule has 2 heterocycles. The van der Waals surface area contributed by atoms with Crippen LogP contribution in [0.15, 0.2) is 54.6 Å². The standard InChI is InChI=1S/C23H24N4O3S/c1-30-19-12-10-18(11-13-19)27-15-17(14-21(27)29)22-25-26-23(31-22)24-20(28)9-5-8-16-6-3-2-4-7-16/h2-4,6-7,10-13,17H,5,8-9,14-15H2,1H3,(H,24,26,28)/t17-/m0/s1. The van der Waals surface area contributed by atoms with Crippen molar-refractivity contribution in [2.75, 3.05) is 23.9 Å². The van der Waals surface area contributed by atoms with Crippen LogP contribution in [0.5, 0.6) is 5.75 Å². The molecule has 1 N–H and O–H groups in total. The maximum absolute atomic E-state index is 12.5. The molecule has 8 heteroatoms. The summed E-state index contributed by atoms with van der Waals surface area (Å²) in [5, 5.41) is 12.4. The molecular formula is C23H24N4O3S. The Balaban J connectivity index is 1.30. The molecule has 1 aliphatic rings. The number of hydrogen-bond donors (Lipinski definition) is 1. The van der Waals surface area contributed by atoms with Gasteiger partial charge in [-0.25, -0.2) is 0 Å². The van der Waals surface area contributed by atoms with Crippen LogP contribution >= 0.6 is 11.3 Å². The van der Waals surface area contributed by atoms with E-state index in [-0.39, 0.29) is 17.7 Å². The van der Waals surface area contributed by atoms with Crippen LogP contribution in [0, 0.1) is 0 Å². The molecular weight excluding hydrogens is 412 g/mol. The molecule has 7 nitrogen and oxygen atoms in total. The minimum absolute atomic E-state index is 0.0316. The van der Waals surface area contributed by atoms with Crippen molar-refractivity contribution in [1.82, 2.24) is 10.2 Å². The molecule has 1 saturated heterocycles. The fourth-order valence-corrected chi connectivity index (χ4v) is 4.47. The first kappa shape index (κ1) is 21.0. The third-order valence-electron chi connectivity index (χ3n) is 5.26. The molecule has 1 aromatic heterocycles. The van der Waals surface area contributed by atoms with Crippen LogP contribution in [0.4, 0.5) is 10.8 Å². The predicted octanol–water partition coefficient (Wildman–Crippen LogP) is 4.03. The molecule has 0 unspecified atom stereocenters. The van der Waals surface area contributed by atoms with Gasteiger partial charge < -0.3 is 15.0 Å². The number of aryl methyl sites for hydroxylation is 1. The lowest BCUT2D eigenvalue weighted by atomic mass is 10.1. The Labute approximate surface area is 185 Å². The number of hydrogen-bond acceptors (Lipinski definition) is 6. The predicted molar refractivity (Wildman–Crippen MR) is 121 cm³/mol. The van der Waals surface area contributed by atoms with E-state index in [1.807, 2.05) is 42.5 Å². The molecule has 4 rings (SSSR count). The van der Waals surface area contributed by atoms with Crippen molar-refractivity contribution in [1.29, 1.82) is 0 Å². The molecule has 0 radical (unpaired) electrons. The summed E-state index contributed by atoms with van der Waals surface area (Å²) in [6.07, 6.45) is 2.44. The Hall–Kier alpha value is -3.26. The van der Waals surface area contributed by atoms with Gasteiger partial charge in [0.1, 0.15) is 10.8 Å². The molecule has 3 aromatic rings. The highest BCUT2D eigenvalue weighted by Gasteiger charge is 2.34. The van der Waals surface area contributed by atoms with Crippen molar-refractivity contribution in [3.63, 3.8) is 0 Å². The summed E-state index contributed by atoms with van der Waals surface area (Å²) >= 11 is 1.34. The molecule has 1 aliphatic heterocycles. The Morgan fingerprint density at radius 1 is 1.16 bits per heavy atom. The number of carbonyl (C=O) groups is 2. The number of aromatic nitrogens is 2. The highest BCUT2D eigenvalue weighted by Crippen LogP contribution is 2.34. The number of rotatable bonds is 8. The van der Waals surface area contributed by atoms with E-state index in [1.54, 1.807) is 12.0 Å². The van der Waals surface area contributed by atoms with Gasteiger partial charge in [-0.2, -0.15) is 0 Å². The fraction of sp³-hybridized carbons (Fsp3) is 0.304. The highest BCUT2D eigenvalue weighted by molar-refractivity contribution is 7.15. The molecule has 2 aromatic carbocycles. The maximum Gasteiger partial charge on any atom is 0.227 e. The second-order valence-electron chi connectivity index (χ2n) is 7.44. The zero-order valence-corrected chi connectivity index (χ0v) is 18.1. The zero-order valence-electron chi connectivity index (χ0n) is 17.3. The topological polar surface area (TPSA) is 84.4 Å². The number of methoxy groups -OCH3 is 1. The van der Waals surface area contributed by atoms with Crippen molar-refractivity contribution in [2.24, 2.45) is 0 Å². The summed E-state index contributed by atoms with van der Waals surface area (Å²) in [6.45, 7) is 0.546. The maximum atomic E-state index is 12.5. The molecule has 31 heavy (non-hydrogen) atoms. The molecule has 0 saturated carbocycles. The molecule has 2 amide bonds. The normalized spacial score (nSPS) is 15.8. The van der Waals surface area contributed by atoms with Crippen LogP contribution in [0.25, 0.3) is 0 Å². The van der Waals surface area contributed by atoms with Crippen LogP contribution in [0.3, 0.4) is 0 Å². The van der Waals surface area contributed by atoms with Gasteiger partial charge in [-0.15, -0.1) is 10.2 Å². The van der Waals surface area contributed by atoms with Gasteiger partial charge in [-0.3, -0.25) is 9.59 Å². The van der Waals surface area contributed by atoms with Crippen LogP contribution < -0.4 is 15.0 Å².